The first kappa shape index (κ1) is 20.0. The highest BCUT2D eigenvalue weighted by Gasteiger charge is 2.14. The molecule has 0 saturated carbocycles. The summed E-state index contributed by atoms with van der Waals surface area (Å²) in [4.78, 5) is 12.4. The molecule has 3 N–H and O–H groups in total. The maximum atomic E-state index is 12.4. The largest absolute Gasteiger partial charge is 0.392 e. The number of carbonyl (C=O) groups excluding carboxylic acids is 1. The fourth-order valence-electron chi connectivity index (χ4n) is 2.89. The maximum absolute atomic E-state index is 12.4. The summed E-state index contributed by atoms with van der Waals surface area (Å²) in [5.41, 5.74) is 4.13. The molecule has 8 heteroatoms. The Balaban J connectivity index is 1.69. The summed E-state index contributed by atoms with van der Waals surface area (Å²) in [6.07, 6.45) is 0.0686. The highest BCUT2D eigenvalue weighted by atomic mass is 35.5. The van der Waals surface area contributed by atoms with Crippen LogP contribution in [0, 0.1) is 6.92 Å². The van der Waals surface area contributed by atoms with Crippen LogP contribution in [0.4, 0.5) is 5.69 Å². The topological polar surface area (TPSA) is 100 Å². The lowest BCUT2D eigenvalue weighted by Crippen LogP contribution is -2.16. The van der Waals surface area contributed by atoms with Gasteiger partial charge in [0.25, 0.3) is 0 Å². The van der Waals surface area contributed by atoms with E-state index in [9.17, 15) is 15.0 Å². The lowest BCUT2D eigenvalue weighted by Gasteiger charge is -2.09. The van der Waals surface area contributed by atoms with Crippen LogP contribution in [0.25, 0.3) is 0 Å². The molecule has 0 aliphatic heterocycles. The normalized spacial score (nSPS) is 10.9. The predicted octanol–water partition coefficient (Wildman–Crippen LogP) is 2.45. The number of amides is 1. The van der Waals surface area contributed by atoms with Crippen LogP contribution in [0.2, 0.25) is 5.02 Å². The molecule has 2 aromatic carbocycles. The fraction of sp³-hybridized carbons (Fsp3) is 0.250. The SMILES string of the molecule is Cc1c(CC(=O)Nc2cc(CO)cc(CO)c2)nnn1Cc1cccc(Cl)c1. The Bertz CT molecular complexity index is 965. The standard InChI is InChI=1S/C20H21ClN4O3/c1-13-19(23-24-25(13)10-14-3-2-4-17(21)6-14)9-20(28)22-18-7-15(11-26)5-16(8-18)12-27/h2-8,26-27H,9-12H2,1H3,(H,22,28). The van der Waals surface area contributed by atoms with Crippen molar-refractivity contribution in [2.24, 2.45) is 0 Å². The zero-order valence-corrected chi connectivity index (χ0v) is 16.1. The van der Waals surface area contributed by atoms with Gasteiger partial charge in [-0.1, -0.05) is 35.0 Å². The number of aliphatic hydroxyl groups is 2. The van der Waals surface area contributed by atoms with Crippen molar-refractivity contribution in [3.8, 4) is 0 Å². The van der Waals surface area contributed by atoms with E-state index in [-0.39, 0.29) is 25.5 Å². The first-order valence-electron chi connectivity index (χ1n) is 8.76. The zero-order chi connectivity index (χ0) is 20.1. The summed E-state index contributed by atoms with van der Waals surface area (Å²) in [5, 5.41) is 30.3. The first-order valence-corrected chi connectivity index (χ1v) is 9.14. The smallest absolute Gasteiger partial charge is 0.230 e. The predicted molar refractivity (Wildman–Crippen MR) is 106 cm³/mol. The minimum atomic E-state index is -0.253. The van der Waals surface area contributed by atoms with E-state index in [1.165, 1.54) is 0 Å². The Hall–Kier alpha value is -2.74. The van der Waals surface area contributed by atoms with Crippen LogP contribution >= 0.6 is 11.6 Å². The van der Waals surface area contributed by atoms with E-state index >= 15 is 0 Å². The van der Waals surface area contributed by atoms with Gasteiger partial charge >= 0.3 is 0 Å². The van der Waals surface area contributed by atoms with Gasteiger partial charge in [-0.3, -0.25) is 4.79 Å². The second-order valence-electron chi connectivity index (χ2n) is 6.49. The van der Waals surface area contributed by atoms with Crippen molar-refractivity contribution in [1.29, 1.82) is 0 Å². The molecule has 0 radical (unpaired) electrons. The summed E-state index contributed by atoms with van der Waals surface area (Å²) in [6.45, 7) is 2.03. The van der Waals surface area contributed by atoms with Gasteiger partial charge in [0.15, 0.2) is 0 Å². The van der Waals surface area contributed by atoms with Crippen molar-refractivity contribution in [3.63, 3.8) is 0 Å². The Morgan fingerprint density at radius 3 is 2.46 bits per heavy atom. The molecule has 146 valence electrons. The van der Waals surface area contributed by atoms with Gasteiger partial charge in [-0.2, -0.15) is 0 Å². The molecule has 0 aliphatic rings. The van der Waals surface area contributed by atoms with Gasteiger partial charge < -0.3 is 15.5 Å². The number of benzene rings is 2. The number of hydrogen-bond acceptors (Lipinski definition) is 5. The van der Waals surface area contributed by atoms with Crippen molar-refractivity contribution in [2.75, 3.05) is 5.32 Å². The van der Waals surface area contributed by atoms with E-state index in [1.54, 1.807) is 22.9 Å². The van der Waals surface area contributed by atoms with E-state index in [2.05, 4.69) is 15.6 Å². The van der Waals surface area contributed by atoms with Gasteiger partial charge in [-0.15, -0.1) is 5.10 Å². The van der Waals surface area contributed by atoms with Crippen LogP contribution in [-0.4, -0.2) is 31.1 Å². The Labute approximate surface area is 167 Å². The van der Waals surface area contributed by atoms with Gasteiger partial charge in [0.05, 0.1) is 37.6 Å². The quantitative estimate of drug-likeness (QED) is 0.565. The first-order chi connectivity index (χ1) is 13.5. The number of anilines is 1. The molecule has 0 spiro atoms. The lowest BCUT2D eigenvalue weighted by atomic mass is 10.1. The Morgan fingerprint density at radius 1 is 1.11 bits per heavy atom. The molecule has 0 aliphatic carbocycles. The van der Waals surface area contributed by atoms with Gasteiger partial charge in [0.2, 0.25) is 5.91 Å². The molecular weight excluding hydrogens is 380 g/mol. The van der Waals surface area contributed by atoms with E-state index in [1.807, 2.05) is 31.2 Å². The molecule has 0 fully saturated rings. The molecule has 28 heavy (non-hydrogen) atoms. The molecule has 0 bridgehead atoms. The molecule has 1 heterocycles. The molecule has 0 atom stereocenters. The van der Waals surface area contributed by atoms with E-state index in [4.69, 9.17) is 11.6 Å². The van der Waals surface area contributed by atoms with Crippen molar-refractivity contribution in [3.05, 3.63) is 75.6 Å². The van der Waals surface area contributed by atoms with Crippen LogP contribution in [-0.2, 0) is 31.0 Å². The Kier molecular flexibility index (Phi) is 6.41. The molecule has 0 saturated heterocycles. The third-order valence-electron chi connectivity index (χ3n) is 4.33. The van der Waals surface area contributed by atoms with Gasteiger partial charge in [-0.05, 0) is 47.9 Å². The number of rotatable bonds is 7. The lowest BCUT2D eigenvalue weighted by molar-refractivity contribution is -0.115. The third kappa shape index (κ3) is 4.95. The van der Waals surface area contributed by atoms with Crippen molar-refractivity contribution in [1.82, 2.24) is 15.0 Å². The average molecular weight is 401 g/mol. The van der Waals surface area contributed by atoms with Crippen molar-refractivity contribution < 1.29 is 15.0 Å². The molecule has 1 aromatic heterocycles. The number of hydrogen-bond donors (Lipinski definition) is 3. The number of carbonyl (C=O) groups is 1. The second kappa shape index (κ2) is 8.97. The van der Waals surface area contributed by atoms with Crippen LogP contribution in [0.5, 0.6) is 0 Å². The van der Waals surface area contributed by atoms with Crippen LogP contribution < -0.4 is 5.32 Å². The average Bonchev–Trinajstić information content (AvgIpc) is 3.01. The fourth-order valence-corrected chi connectivity index (χ4v) is 3.11. The van der Waals surface area contributed by atoms with Crippen LogP contribution in [0.15, 0.2) is 42.5 Å². The summed E-state index contributed by atoms with van der Waals surface area (Å²) >= 11 is 6.02. The molecule has 7 nitrogen and oxygen atoms in total. The number of aliphatic hydroxyl groups excluding tert-OH is 2. The molecule has 0 unspecified atom stereocenters. The monoisotopic (exact) mass is 400 g/mol. The van der Waals surface area contributed by atoms with E-state index in [0.717, 1.165) is 11.3 Å². The Morgan fingerprint density at radius 2 is 1.82 bits per heavy atom. The molecule has 3 aromatic rings. The number of nitrogens with one attached hydrogen (secondary N) is 1. The van der Waals surface area contributed by atoms with Gasteiger partial charge in [0.1, 0.15) is 0 Å². The van der Waals surface area contributed by atoms with Gasteiger partial charge in [-0.25, -0.2) is 4.68 Å². The van der Waals surface area contributed by atoms with E-state index in [0.29, 0.717) is 34.1 Å². The van der Waals surface area contributed by atoms with Crippen molar-refractivity contribution >= 4 is 23.2 Å². The van der Waals surface area contributed by atoms with Crippen molar-refractivity contribution in [2.45, 2.75) is 33.1 Å². The summed E-state index contributed by atoms with van der Waals surface area (Å²) in [5.74, 6) is -0.253. The van der Waals surface area contributed by atoms with Gasteiger partial charge in [0, 0.05) is 10.7 Å². The minimum Gasteiger partial charge on any atom is -0.392 e. The highest BCUT2D eigenvalue weighted by molar-refractivity contribution is 6.30. The number of halogens is 1. The zero-order valence-electron chi connectivity index (χ0n) is 15.4. The molecular formula is C20H21ClN4O3. The molecule has 1 amide bonds. The van der Waals surface area contributed by atoms with Crippen LogP contribution in [0.3, 0.4) is 0 Å². The highest BCUT2D eigenvalue weighted by Crippen LogP contribution is 2.17. The summed E-state index contributed by atoms with van der Waals surface area (Å²) in [7, 11) is 0. The maximum Gasteiger partial charge on any atom is 0.230 e. The second-order valence-corrected chi connectivity index (χ2v) is 6.92. The van der Waals surface area contributed by atoms with E-state index < -0.39 is 0 Å². The number of aromatic nitrogens is 3. The molecule has 3 rings (SSSR count). The third-order valence-corrected chi connectivity index (χ3v) is 4.56. The summed E-state index contributed by atoms with van der Waals surface area (Å²) in [6, 6.07) is 12.5. The summed E-state index contributed by atoms with van der Waals surface area (Å²) < 4.78 is 1.73. The minimum absolute atomic E-state index is 0.0686. The number of nitrogens with zero attached hydrogens (tertiary/aromatic N) is 3. The van der Waals surface area contributed by atoms with Crippen LogP contribution in [0.1, 0.15) is 28.1 Å².